The summed E-state index contributed by atoms with van der Waals surface area (Å²) >= 11 is 0. The van der Waals surface area contributed by atoms with Crippen molar-refractivity contribution in [1.29, 1.82) is 0 Å². The van der Waals surface area contributed by atoms with Gasteiger partial charge in [-0.1, -0.05) is 12.1 Å². The van der Waals surface area contributed by atoms with Crippen LogP contribution in [-0.2, 0) is 6.18 Å². The molecule has 3 rings (SSSR count). The zero-order chi connectivity index (χ0) is 20.4. The van der Waals surface area contributed by atoms with Gasteiger partial charge >= 0.3 is 6.18 Å². The number of carbonyl (C=O) groups excluding carboxylic acids is 1. The lowest BCUT2D eigenvalue weighted by Gasteiger charge is -2.39. The van der Waals surface area contributed by atoms with Gasteiger partial charge in [0, 0.05) is 6.54 Å². The third-order valence-corrected chi connectivity index (χ3v) is 4.63. The van der Waals surface area contributed by atoms with E-state index in [1.54, 1.807) is 0 Å². The fourth-order valence-electron chi connectivity index (χ4n) is 3.24. The van der Waals surface area contributed by atoms with E-state index in [0.717, 1.165) is 12.1 Å². The summed E-state index contributed by atoms with van der Waals surface area (Å²) in [4.78, 5) is 13.9. The summed E-state index contributed by atoms with van der Waals surface area (Å²) in [6.07, 6.45) is -3.90. The van der Waals surface area contributed by atoms with Crippen molar-refractivity contribution in [2.24, 2.45) is 0 Å². The molecule has 1 unspecified atom stereocenters. The molecule has 1 saturated heterocycles. The second kappa shape index (κ2) is 7.79. The number of ether oxygens (including phenoxy) is 1. The van der Waals surface area contributed by atoms with Crippen molar-refractivity contribution in [3.8, 4) is 5.75 Å². The van der Waals surface area contributed by atoms with Gasteiger partial charge in [-0.15, -0.1) is 0 Å². The Bertz CT molecular complexity index is 838. The quantitative estimate of drug-likeness (QED) is 0.797. The first-order chi connectivity index (χ1) is 13.2. The lowest BCUT2D eigenvalue weighted by atomic mass is 9.92. The van der Waals surface area contributed by atoms with Crippen LogP contribution in [0.25, 0.3) is 0 Å². The summed E-state index contributed by atoms with van der Waals surface area (Å²) in [7, 11) is 0. The zero-order valence-electron chi connectivity index (χ0n) is 14.9. The standard InChI is InChI=1S/C20H19F4NO3/c21-14-6-8-15(9-7-14)28-13-19(27)10-3-11-25(12-19)18(26)16-4-1-2-5-17(16)20(22,23)24/h1-2,4-9,27H,3,10-13H2. The number of aliphatic hydroxyl groups is 1. The van der Waals surface area contributed by atoms with Gasteiger partial charge < -0.3 is 14.7 Å². The Morgan fingerprint density at radius 2 is 1.82 bits per heavy atom. The number of alkyl halides is 3. The van der Waals surface area contributed by atoms with E-state index in [1.165, 1.54) is 41.3 Å². The Morgan fingerprint density at radius 3 is 2.50 bits per heavy atom. The number of likely N-dealkylation sites (tertiary alicyclic amines) is 1. The van der Waals surface area contributed by atoms with Gasteiger partial charge in [0.25, 0.3) is 5.91 Å². The Morgan fingerprint density at radius 1 is 1.14 bits per heavy atom. The molecule has 0 aromatic heterocycles. The maximum absolute atomic E-state index is 13.2. The van der Waals surface area contributed by atoms with E-state index in [-0.39, 0.29) is 19.7 Å². The van der Waals surface area contributed by atoms with Gasteiger partial charge in [0.2, 0.25) is 0 Å². The predicted octanol–water partition coefficient (Wildman–Crippen LogP) is 3.89. The molecular weight excluding hydrogens is 378 g/mol. The third-order valence-electron chi connectivity index (χ3n) is 4.63. The molecule has 8 heteroatoms. The Balaban J connectivity index is 1.72. The summed E-state index contributed by atoms with van der Waals surface area (Å²) < 4.78 is 58.0. The van der Waals surface area contributed by atoms with Crippen LogP contribution in [0.15, 0.2) is 48.5 Å². The van der Waals surface area contributed by atoms with Crippen LogP contribution in [0.4, 0.5) is 17.6 Å². The van der Waals surface area contributed by atoms with Gasteiger partial charge in [-0.3, -0.25) is 4.79 Å². The Labute approximate surface area is 159 Å². The van der Waals surface area contributed by atoms with Crippen LogP contribution < -0.4 is 4.74 Å². The van der Waals surface area contributed by atoms with Crippen LogP contribution in [0, 0.1) is 5.82 Å². The number of amides is 1. The number of benzene rings is 2. The lowest BCUT2D eigenvalue weighted by molar-refractivity contribution is -0.138. The first kappa shape index (κ1) is 20.1. The van der Waals surface area contributed by atoms with Crippen LogP contribution >= 0.6 is 0 Å². The lowest BCUT2D eigenvalue weighted by Crippen LogP contribution is -2.53. The molecule has 0 spiro atoms. The first-order valence-electron chi connectivity index (χ1n) is 8.74. The molecule has 0 saturated carbocycles. The molecule has 1 aliphatic heterocycles. The monoisotopic (exact) mass is 397 g/mol. The number of hydrogen-bond donors (Lipinski definition) is 1. The molecule has 1 N–H and O–H groups in total. The number of carbonyl (C=O) groups is 1. The highest BCUT2D eigenvalue weighted by Crippen LogP contribution is 2.33. The molecule has 2 aromatic carbocycles. The minimum absolute atomic E-state index is 0.154. The fourth-order valence-corrected chi connectivity index (χ4v) is 3.24. The van der Waals surface area contributed by atoms with E-state index in [1.807, 2.05) is 0 Å². The molecule has 150 valence electrons. The van der Waals surface area contributed by atoms with Gasteiger partial charge in [-0.25, -0.2) is 4.39 Å². The van der Waals surface area contributed by atoms with Gasteiger partial charge in [-0.05, 0) is 49.2 Å². The predicted molar refractivity (Wildman–Crippen MR) is 93.4 cm³/mol. The van der Waals surface area contributed by atoms with Gasteiger partial charge in [0.05, 0.1) is 17.7 Å². The first-order valence-corrected chi connectivity index (χ1v) is 8.74. The number of β-amino-alcohol motifs (C(OH)–C–C–N with tert-alkyl or cyclic N) is 1. The second-order valence-corrected chi connectivity index (χ2v) is 6.84. The molecule has 1 heterocycles. The maximum atomic E-state index is 13.2. The van der Waals surface area contributed by atoms with E-state index in [9.17, 15) is 27.5 Å². The van der Waals surface area contributed by atoms with Crippen molar-refractivity contribution in [2.45, 2.75) is 24.6 Å². The van der Waals surface area contributed by atoms with E-state index < -0.39 is 34.6 Å². The van der Waals surface area contributed by atoms with Gasteiger partial charge in [0.1, 0.15) is 23.8 Å². The number of halogens is 4. The summed E-state index contributed by atoms with van der Waals surface area (Å²) in [5.74, 6) is -0.864. The second-order valence-electron chi connectivity index (χ2n) is 6.84. The highest BCUT2D eigenvalue weighted by atomic mass is 19.4. The highest BCUT2D eigenvalue weighted by Gasteiger charge is 2.40. The Hall–Kier alpha value is -2.61. The minimum Gasteiger partial charge on any atom is -0.491 e. The normalized spacial score (nSPS) is 20.1. The van der Waals surface area contributed by atoms with Crippen LogP contribution in [-0.4, -0.2) is 41.2 Å². The van der Waals surface area contributed by atoms with E-state index >= 15 is 0 Å². The molecule has 0 aliphatic carbocycles. The number of nitrogens with zero attached hydrogens (tertiary/aromatic N) is 1. The largest absolute Gasteiger partial charge is 0.491 e. The van der Waals surface area contributed by atoms with E-state index in [2.05, 4.69) is 0 Å². The smallest absolute Gasteiger partial charge is 0.417 e. The van der Waals surface area contributed by atoms with Crippen molar-refractivity contribution in [1.82, 2.24) is 4.90 Å². The highest BCUT2D eigenvalue weighted by molar-refractivity contribution is 5.96. The summed E-state index contributed by atoms with van der Waals surface area (Å²) in [5.41, 5.74) is -2.86. The number of rotatable bonds is 4. The molecule has 28 heavy (non-hydrogen) atoms. The number of hydrogen-bond acceptors (Lipinski definition) is 3. The van der Waals surface area contributed by atoms with Crippen LogP contribution in [0.1, 0.15) is 28.8 Å². The average molecular weight is 397 g/mol. The molecule has 1 atom stereocenters. The minimum atomic E-state index is -4.65. The van der Waals surface area contributed by atoms with Gasteiger partial charge in [-0.2, -0.15) is 13.2 Å². The summed E-state index contributed by atoms with van der Waals surface area (Å²) in [6, 6.07) is 9.83. The van der Waals surface area contributed by atoms with E-state index in [0.29, 0.717) is 18.6 Å². The molecule has 1 aliphatic rings. The zero-order valence-corrected chi connectivity index (χ0v) is 14.9. The molecule has 4 nitrogen and oxygen atoms in total. The van der Waals surface area contributed by atoms with Crippen LogP contribution in [0.2, 0.25) is 0 Å². The third kappa shape index (κ3) is 4.62. The Kier molecular flexibility index (Phi) is 5.60. The number of piperidine rings is 1. The summed E-state index contributed by atoms with van der Waals surface area (Å²) in [6.45, 7) is -0.0770. The van der Waals surface area contributed by atoms with Crippen molar-refractivity contribution in [3.63, 3.8) is 0 Å². The molecule has 2 aromatic rings. The fraction of sp³-hybridized carbons (Fsp3) is 0.350. The molecule has 1 fully saturated rings. The maximum Gasteiger partial charge on any atom is 0.417 e. The average Bonchev–Trinajstić information content (AvgIpc) is 2.66. The summed E-state index contributed by atoms with van der Waals surface area (Å²) in [5, 5.41) is 10.8. The van der Waals surface area contributed by atoms with Crippen molar-refractivity contribution < 1.29 is 32.2 Å². The molecule has 1 amide bonds. The van der Waals surface area contributed by atoms with Crippen molar-refractivity contribution in [2.75, 3.05) is 19.7 Å². The van der Waals surface area contributed by atoms with Gasteiger partial charge in [0.15, 0.2) is 0 Å². The SMILES string of the molecule is O=C(c1ccccc1C(F)(F)F)N1CCCC(O)(COc2ccc(F)cc2)C1. The van der Waals surface area contributed by atoms with Crippen molar-refractivity contribution in [3.05, 3.63) is 65.5 Å². The molecule has 0 radical (unpaired) electrons. The molecular formula is C20H19F4NO3. The van der Waals surface area contributed by atoms with E-state index in [4.69, 9.17) is 4.74 Å². The van der Waals surface area contributed by atoms with Crippen molar-refractivity contribution >= 4 is 5.91 Å². The van der Waals surface area contributed by atoms with Crippen LogP contribution in [0.5, 0.6) is 5.75 Å². The van der Waals surface area contributed by atoms with Crippen LogP contribution in [0.3, 0.4) is 0 Å². The topological polar surface area (TPSA) is 49.8 Å². The molecule has 0 bridgehead atoms.